The van der Waals surface area contributed by atoms with Gasteiger partial charge < -0.3 is 19.9 Å². The van der Waals surface area contributed by atoms with Crippen LogP contribution < -0.4 is 15.0 Å². The quantitative estimate of drug-likeness (QED) is 0.786. The number of fused-ring (bicyclic) bond motifs is 3. The molecule has 5 nitrogen and oxygen atoms in total. The minimum atomic E-state index is -0.242. The lowest BCUT2D eigenvalue weighted by Gasteiger charge is -2.38. The molecule has 0 radical (unpaired) electrons. The second kappa shape index (κ2) is 7.67. The minimum absolute atomic E-state index is 0.114. The maximum Gasteiger partial charge on any atom is 0.226 e. The zero-order valence-electron chi connectivity index (χ0n) is 16.4. The molecule has 0 saturated carbocycles. The van der Waals surface area contributed by atoms with Crippen molar-refractivity contribution in [1.29, 1.82) is 0 Å². The first-order valence-electron chi connectivity index (χ1n) is 10.5. The van der Waals surface area contributed by atoms with Gasteiger partial charge in [0.05, 0.1) is 18.0 Å². The normalized spacial score (nSPS) is 23.2. The fraction of sp³-hybridized carbons (Fsp3) is 0.435. The molecule has 1 fully saturated rings. The molecule has 3 aliphatic heterocycles. The predicted molar refractivity (Wildman–Crippen MR) is 111 cm³/mol. The Bertz CT molecular complexity index is 901. The number of para-hydroxylation sites is 1. The van der Waals surface area contributed by atoms with Crippen molar-refractivity contribution in [3.8, 4) is 5.75 Å². The van der Waals surface area contributed by atoms with Gasteiger partial charge in [-0.25, -0.2) is 4.39 Å². The highest BCUT2D eigenvalue weighted by Crippen LogP contribution is 2.49. The number of nitrogens with zero attached hydrogens (tertiary/aromatic N) is 2. The number of hydrogen-bond donors (Lipinski definition) is 1. The van der Waals surface area contributed by atoms with Gasteiger partial charge in [-0.2, -0.15) is 0 Å². The van der Waals surface area contributed by atoms with Crippen LogP contribution in [0.4, 0.5) is 15.8 Å². The van der Waals surface area contributed by atoms with Crippen LogP contribution in [0.1, 0.15) is 30.7 Å². The van der Waals surface area contributed by atoms with Crippen molar-refractivity contribution in [3.63, 3.8) is 0 Å². The first-order valence-corrected chi connectivity index (χ1v) is 10.5. The van der Waals surface area contributed by atoms with Crippen LogP contribution in [0.2, 0.25) is 0 Å². The molecule has 6 heteroatoms. The van der Waals surface area contributed by atoms with Crippen LogP contribution >= 0.6 is 0 Å². The van der Waals surface area contributed by atoms with E-state index in [1.165, 1.54) is 23.4 Å². The molecule has 0 aromatic heterocycles. The summed E-state index contributed by atoms with van der Waals surface area (Å²) >= 11 is 0. The highest BCUT2D eigenvalue weighted by Gasteiger charge is 2.43. The van der Waals surface area contributed by atoms with E-state index in [9.17, 15) is 9.18 Å². The number of carbonyl (C=O) groups is 1. The minimum Gasteiger partial charge on any atom is -0.494 e. The molecule has 0 spiro atoms. The number of carbonyl (C=O) groups excluding carboxylic acids is 1. The molecule has 2 atom stereocenters. The predicted octanol–water partition coefficient (Wildman–Crippen LogP) is 3.61. The topological polar surface area (TPSA) is 44.8 Å². The average Bonchev–Trinajstić information content (AvgIpc) is 2.94. The maximum atomic E-state index is 13.0. The zero-order valence-corrected chi connectivity index (χ0v) is 16.4. The monoisotopic (exact) mass is 395 g/mol. The standard InChI is InChI=1S/C23H26FN3O2/c24-16-5-7-17(8-6-16)29-14-2-11-26-12-9-21-19(15-26)18-3-1-4-20-23(18)27(21)13-10-22(28)25-20/h1,3-8,19,21H,2,9-15H2,(H,25,28). The van der Waals surface area contributed by atoms with E-state index in [1.807, 2.05) is 6.07 Å². The van der Waals surface area contributed by atoms with Crippen molar-refractivity contribution in [1.82, 2.24) is 4.90 Å². The van der Waals surface area contributed by atoms with Gasteiger partial charge in [0.1, 0.15) is 11.6 Å². The lowest BCUT2D eigenvalue weighted by molar-refractivity contribution is -0.116. The van der Waals surface area contributed by atoms with Gasteiger partial charge in [-0.15, -0.1) is 0 Å². The Morgan fingerprint density at radius 2 is 2.00 bits per heavy atom. The Kier molecular flexibility index (Phi) is 4.87. The van der Waals surface area contributed by atoms with Gasteiger partial charge in [0.2, 0.25) is 5.91 Å². The van der Waals surface area contributed by atoms with Gasteiger partial charge in [0.15, 0.2) is 0 Å². The van der Waals surface area contributed by atoms with Crippen molar-refractivity contribution in [2.45, 2.75) is 31.2 Å². The van der Waals surface area contributed by atoms with E-state index in [1.54, 1.807) is 12.1 Å². The largest absolute Gasteiger partial charge is 0.494 e. The first-order chi connectivity index (χ1) is 14.2. The maximum absolute atomic E-state index is 13.0. The molecule has 2 aromatic rings. The molecule has 29 heavy (non-hydrogen) atoms. The van der Waals surface area contributed by atoms with Gasteiger partial charge >= 0.3 is 0 Å². The Balaban J connectivity index is 1.21. The molecule has 2 unspecified atom stereocenters. The van der Waals surface area contributed by atoms with E-state index in [0.29, 0.717) is 25.0 Å². The van der Waals surface area contributed by atoms with E-state index in [0.717, 1.165) is 50.5 Å². The third-order valence-corrected chi connectivity index (χ3v) is 6.37. The van der Waals surface area contributed by atoms with Gasteiger partial charge in [0, 0.05) is 44.6 Å². The van der Waals surface area contributed by atoms with E-state index < -0.39 is 0 Å². The van der Waals surface area contributed by atoms with Crippen molar-refractivity contribution < 1.29 is 13.9 Å². The average molecular weight is 395 g/mol. The summed E-state index contributed by atoms with van der Waals surface area (Å²) in [7, 11) is 0. The fourth-order valence-electron chi connectivity index (χ4n) is 5.06. The molecule has 0 bridgehead atoms. The van der Waals surface area contributed by atoms with Gasteiger partial charge in [-0.05, 0) is 48.7 Å². The van der Waals surface area contributed by atoms with Crippen LogP contribution in [0.3, 0.4) is 0 Å². The molecule has 3 heterocycles. The summed E-state index contributed by atoms with van der Waals surface area (Å²) in [5.41, 5.74) is 3.59. The summed E-state index contributed by atoms with van der Waals surface area (Å²) in [6.45, 7) is 4.55. The molecule has 0 aliphatic carbocycles. The molecular weight excluding hydrogens is 369 g/mol. The lowest BCUT2D eigenvalue weighted by Crippen LogP contribution is -2.46. The second-order valence-corrected chi connectivity index (χ2v) is 8.15. The molecule has 2 aromatic carbocycles. The Morgan fingerprint density at radius 3 is 2.86 bits per heavy atom. The molecule has 1 amide bonds. The smallest absolute Gasteiger partial charge is 0.226 e. The second-order valence-electron chi connectivity index (χ2n) is 8.15. The summed E-state index contributed by atoms with van der Waals surface area (Å²) in [6.07, 6.45) is 2.62. The van der Waals surface area contributed by atoms with Crippen molar-refractivity contribution in [2.24, 2.45) is 0 Å². The summed E-state index contributed by atoms with van der Waals surface area (Å²) in [6, 6.07) is 13.0. The van der Waals surface area contributed by atoms with Gasteiger partial charge in [-0.3, -0.25) is 4.79 Å². The molecule has 3 aliphatic rings. The van der Waals surface area contributed by atoms with Gasteiger partial charge in [-0.1, -0.05) is 12.1 Å². The first kappa shape index (κ1) is 18.4. The highest BCUT2D eigenvalue weighted by atomic mass is 19.1. The van der Waals surface area contributed by atoms with E-state index >= 15 is 0 Å². The third kappa shape index (κ3) is 3.57. The van der Waals surface area contributed by atoms with Crippen LogP contribution in [0.25, 0.3) is 0 Å². The molecule has 1 saturated heterocycles. The number of hydrogen-bond acceptors (Lipinski definition) is 4. The van der Waals surface area contributed by atoms with Crippen LogP contribution in [-0.4, -0.2) is 49.6 Å². The van der Waals surface area contributed by atoms with Crippen molar-refractivity contribution >= 4 is 17.3 Å². The number of benzene rings is 2. The molecular formula is C23H26FN3O2. The SMILES string of the molecule is O=C1CCN2c3c(cccc3C3CN(CCCOc4ccc(F)cc4)CCC32)N1. The Morgan fingerprint density at radius 1 is 1.14 bits per heavy atom. The number of likely N-dealkylation sites (tertiary alicyclic amines) is 1. The number of ether oxygens (including phenoxy) is 1. The van der Waals surface area contributed by atoms with E-state index in [2.05, 4.69) is 27.2 Å². The van der Waals surface area contributed by atoms with Gasteiger partial charge in [0.25, 0.3) is 0 Å². The lowest BCUT2D eigenvalue weighted by atomic mass is 9.88. The Labute approximate surface area is 170 Å². The van der Waals surface area contributed by atoms with Crippen LogP contribution in [0.5, 0.6) is 5.75 Å². The summed E-state index contributed by atoms with van der Waals surface area (Å²) < 4.78 is 18.7. The fourth-order valence-corrected chi connectivity index (χ4v) is 5.06. The Hall–Kier alpha value is -2.60. The molecule has 5 rings (SSSR count). The number of anilines is 2. The molecule has 152 valence electrons. The van der Waals surface area contributed by atoms with E-state index in [-0.39, 0.29) is 11.7 Å². The highest BCUT2D eigenvalue weighted by molar-refractivity contribution is 5.97. The van der Waals surface area contributed by atoms with Crippen LogP contribution in [0, 0.1) is 5.82 Å². The zero-order chi connectivity index (χ0) is 19.8. The van der Waals surface area contributed by atoms with Crippen LogP contribution in [-0.2, 0) is 4.79 Å². The number of halogens is 1. The number of piperidine rings is 1. The summed E-state index contributed by atoms with van der Waals surface area (Å²) in [5.74, 6) is 1.08. The number of nitrogens with one attached hydrogen (secondary N) is 1. The van der Waals surface area contributed by atoms with Crippen molar-refractivity contribution in [3.05, 3.63) is 53.8 Å². The summed E-state index contributed by atoms with van der Waals surface area (Å²) in [5, 5.41) is 3.08. The van der Waals surface area contributed by atoms with E-state index in [4.69, 9.17) is 4.74 Å². The van der Waals surface area contributed by atoms with Crippen LogP contribution in [0.15, 0.2) is 42.5 Å². The van der Waals surface area contributed by atoms with Crippen molar-refractivity contribution in [2.75, 3.05) is 43.0 Å². The summed E-state index contributed by atoms with van der Waals surface area (Å²) in [4.78, 5) is 17.0. The third-order valence-electron chi connectivity index (χ3n) is 6.37. The number of rotatable bonds is 5. The number of amides is 1. The molecule has 1 N–H and O–H groups in total.